The molecule has 1 aliphatic rings. The van der Waals surface area contributed by atoms with Crippen LogP contribution in [0, 0.1) is 12.8 Å². The van der Waals surface area contributed by atoms with Gasteiger partial charge in [0.2, 0.25) is 0 Å². The first kappa shape index (κ1) is 20.2. The Hall–Kier alpha value is -3.07. The minimum absolute atomic E-state index is 0.0924. The van der Waals surface area contributed by atoms with Gasteiger partial charge in [0.1, 0.15) is 0 Å². The fraction of sp³-hybridized carbons (Fsp3) is 0.296. The van der Waals surface area contributed by atoms with Gasteiger partial charge in [-0.2, -0.15) is 0 Å². The first-order valence-corrected chi connectivity index (χ1v) is 10.7. The van der Waals surface area contributed by atoms with Gasteiger partial charge in [-0.15, -0.1) is 0 Å². The number of rotatable bonds is 7. The maximum Gasteiger partial charge on any atom is 0.160 e. The number of ketones is 1. The van der Waals surface area contributed by atoms with E-state index in [-0.39, 0.29) is 5.78 Å². The summed E-state index contributed by atoms with van der Waals surface area (Å²) in [4.78, 5) is 21.5. The Bertz CT molecular complexity index is 1090. The summed E-state index contributed by atoms with van der Waals surface area (Å²) in [7, 11) is 0. The highest BCUT2D eigenvalue weighted by Crippen LogP contribution is 2.33. The van der Waals surface area contributed by atoms with Crippen LogP contribution in [0.1, 0.15) is 53.9 Å². The maximum atomic E-state index is 11.9. The predicted octanol–water partition coefficient (Wildman–Crippen LogP) is 6.55. The lowest BCUT2D eigenvalue weighted by molar-refractivity contribution is 0.101. The summed E-state index contributed by atoms with van der Waals surface area (Å²) in [6.07, 6.45) is 6.20. The molecule has 0 amide bonds. The van der Waals surface area contributed by atoms with E-state index in [1.807, 2.05) is 36.5 Å². The maximum absolute atomic E-state index is 11.9. The number of pyridine rings is 1. The van der Waals surface area contributed by atoms with Gasteiger partial charge in [0, 0.05) is 17.5 Å². The van der Waals surface area contributed by atoms with Gasteiger partial charge in [-0.25, -0.2) is 0 Å². The number of benzene rings is 2. The summed E-state index contributed by atoms with van der Waals surface area (Å²) in [5, 5.41) is 0. The van der Waals surface area contributed by atoms with E-state index in [0.29, 0.717) is 5.92 Å². The van der Waals surface area contributed by atoms with Gasteiger partial charge in [0.25, 0.3) is 0 Å². The van der Waals surface area contributed by atoms with E-state index in [1.54, 1.807) is 6.92 Å². The zero-order valence-electron chi connectivity index (χ0n) is 18.0. The Kier molecular flexibility index (Phi) is 5.89. The van der Waals surface area contributed by atoms with Gasteiger partial charge >= 0.3 is 0 Å². The lowest BCUT2D eigenvalue weighted by atomic mass is 9.96. The molecule has 3 nitrogen and oxygen atoms in total. The third kappa shape index (κ3) is 4.56. The average molecular weight is 397 g/mol. The van der Waals surface area contributed by atoms with Crippen LogP contribution in [0.5, 0.6) is 0 Å². The van der Waals surface area contributed by atoms with Crippen LogP contribution in [-0.2, 0) is 12.8 Å². The molecule has 3 aromatic rings. The molecule has 0 unspecified atom stereocenters. The van der Waals surface area contributed by atoms with Crippen molar-refractivity contribution in [2.75, 3.05) is 0 Å². The third-order valence-electron chi connectivity index (χ3n) is 5.88. The van der Waals surface area contributed by atoms with Crippen molar-refractivity contribution in [3.63, 3.8) is 0 Å². The Morgan fingerprint density at radius 2 is 1.73 bits per heavy atom. The summed E-state index contributed by atoms with van der Waals surface area (Å²) in [5.41, 5.74) is 8.64. The molecule has 1 aromatic heterocycles. The molecule has 0 aliphatic heterocycles. The van der Waals surface area contributed by atoms with Gasteiger partial charge in [-0.3, -0.25) is 14.8 Å². The Morgan fingerprint density at radius 3 is 2.43 bits per heavy atom. The largest absolute Gasteiger partial charge is 0.294 e. The number of Topliss-reactive ketones (excluding diaryl/α,β-unsaturated/α-hetero) is 1. The monoisotopic (exact) mass is 396 g/mol. The standard InChI is InChI=1S/C27H28N2O/c1-18-16-17-28-26(27(18)29-19(2)22-13-14-22)15-10-21-8-11-23(12-9-21)25-7-5-4-6-24(25)20(3)30/h4-9,11-12,16-17,22H,10,13-15H2,1-3H3. The quantitative estimate of drug-likeness (QED) is 0.336. The van der Waals surface area contributed by atoms with Gasteiger partial charge in [0.15, 0.2) is 5.78 Å². The van der Waals surface area contributed by atoms with Crippen molar-refractivity contribution in [2.45, 2.75) is 46.5 Å². The number of aromatic nitrogens is 1. The number of aliphatic imine (C=N–C) groups is 1. The summed E-state index contributed by atoms with van der Waals surface area (Å²) in [5.74, 6) is 0.762. The van der Waals surface area contributed by atoms with E-state index in [1.165, 1.54) is 29.7 Å². The number of carbonyl (C=O) groups excluding carboxylic acids is 1. The van der Waals surface area contributed by atoms with Crippen molar-refractivity contribution in [2.24, 2.45) is 10.9 Å². The summed E-state index contributed by atoms with van der Waals surface area (Å²) < 4.78 is 0. The Labute approximate surface area is 178 Å². The Balaban J connectivity index is 1.51. The first-order chi connectivity index (χ1) is 14.5. The zero-order chi connectivity index (χ0) is 21.1. The molecule has 0 N–H and O–H groups in total. The van der Waals surface area contributed by atoms with Crippen LogP contribution in [0.3, 0.4) is 0 Å². The van der Waals surface area contributed by atoms with E-state index in [4.69, 9.17) is 4.99 Å². The van der Waals surface area contributed by atoms with Crippen molar-refractivity contribution >= 4 is 17.2 Å². The number of hydrogen-bond acceptors (Lipinski definition) is 3. The van der Waals surface area contributed by atoms with E-state index in [2.05, 4.69) is 43.1 Å². The van der Waals surface area contributed by atoms with Crippen molar-refractivity contribution in [1.82, 2.24) is 4.98 Å². The summed E-state index contributed by atoms with van der Waals surface area (Å²) >= 11 is 0. The van der Waals surface area contributed by atoms with Gasteiger partial charge < -0.3 is 0 Å². The molecule has 3 heteroatoms. The van der Waals surface area contributed by atoms with Crippen molar-refractivity contribution in [1.29, 1.82) is 0 Å². The van der Waals surface area contributed by atoms with Crippen LogP contribution in [0.4, 0.5) is 5.69 Å². The molecule has 30 heavy (non-hydrogen) atoms. The zero-order valence-corrected chi connectivity index (χ0v) is 18.0. The van der Waals surface area contributed by atoms with Crippen LogP contribution < -0.4 is 0 Å². The van der Waals surface area contributed by atoms with Gasteiger partial charge in [-0.1, -0.05) is 48.5 Å². The van der Waals surface area contributed by atoms with Gasteiger partial charge in [-0.05, 0) is 80.7 Å². The number of carbonyl (C=O) groups is 1. The Morgan fingerprint density at radius 1 is 1.00 bits per heavy atom. The average Bonchev–Trinajstić information content (AvgIpc) is 3.60. The third-order valence-corrected chi connectivity index (χ3v) is 5.88. The topological polar surface area (TPSA) is 42.3 Å². The number of nitrogens with zero attached hydrogens (tertiary/aromatic N) is 2. The smallest absolute Gasteiger partial charge is 0.160 e. The molecule has 4 rings (SSSR count). The van der Waals surface area contributed by atoms with Crippen LogP contribution in [0.15, 0.2) is 65.8 Å². The normalized spacial score (nSPS) is 14.0. The second-order valence-corrected chi connectivity index (χ2v) is 8.25. The van der Waals surface area contributed by atoms with E-state index in [0.717, 1.165) is 40.9 Å². The second-order valence-electron chi connectivity index (χ2n) is 8.25. The molecule has 1 heterocycles. The van der Waals surface area contributed by atoms with Crippen molar-refractivity contribution in [3.8, 4) is 11.1 Å². The minimum atomic E-state index is 0.0924. The molecule has 1 fully saturated rings. The highest BCUT2D eigenvalue weighted by molar-refractivity contribution is 6.00. The van der Waals surface area contributed by atoms with E-state index < -0.39 is 0 Å². The highest BCUT2D eigenvalue weighted by Gasteiger charge is 2.24. The molecule has 0 radical (unpaired) electrons. The lowest BCUT2D eigenvalue weighted by Gasteiger charge is -2.10. The van der Waals surface area contributed by atoms with Crippen LogP contribution in [-0.4, -0.2) is 16.5 Å². The molecule has 152 valence electrons. The molecule has 0 saturated heterocycles. The summed E-state index contributed by atoms with van der Waals surface area (Å²) in [6.45, 7) is 5.88. The first-order valence-electron chi connectivity index (χ1n) is 10.7. The molecule has 0 atom stereocenters. The molecule has 1 saturated carbocycles. The molecule has 2 aromatic carbocycles. The van der Waals surface area contributed by atoms with Crippen LogP contribution in [0.2, 0.25) is 0 Å². The summed E-state index contributed by atoms with van der Waals surface area (Å²) in [6, 6.07) is 18.4. The minimum Gasteiger partial charge on any atom is -0.294 e. The molecular weight excluding hydrogens is 368 g/mol. The number of hydrogen-bond donors (Lipinski definition) is 0. The van der Waals surface area contributed by atoms with Gasteiger partial charge in [0.05, 0.1) is 11.4 Å². The lowest BCUT2D eigenvalue weighted by Crippen LogP contribution is -1.99. The fourth-order valence-electron chi connectivity index (χ4n) is 3.87. The van der Waals surface area contributed by atoms with Crippen LogP contribution >= 0.6 is 0 Å². The van der Waals surface area contributed by atoms with Crippen LogP contribution in [0.25, 0.3) is 11.1 Å². The molecule has 0 spiro atoms. The second kappa shape index (κ2) is 8.74. The molecule has 1 aliphatic carbocycles. The highest BCUT2D eigenvalue weighted by atomic mass is 16.1. The van der Waals surface area contributed by atoms with E-state index in [9.17, 15) is 4.79 Å². The fourth-order valence-corrected chi connectivity index (χ4v) is 3.87. The number of aryl methyl sites for hydroxylation is 3. The van der Waals surface area contributed by atoms with Crippen molar-refractivity contribution in [3.05, 3.63) is 83.2 Å². The van der Waals surface area contributed by atoms with Crippen molar-refractivity contribution < 1.29 is 4.79 Å². The van der Waals surface area contributed by atoms with E-state index >= 15 is 0 Å². The molecule has 0 bridgehead atoms. The predicted molar refractivity (Wildman–Crippen MR) is 124 cm³/mol. The SMILES string of the molecule is CC(=O)c1ccccc1-c1ccc(CCc2nccc(C)c2N=C(C)C2CC2)cc1. The molecular formula is C27H28N2O.